The fourth-order valence-electron chi connectivity index (χ4n) is 3.46. The van der Waals surface area contributed by atoms with Crippen molar-refractivity contribution in [3.63, 3.8) is 0 Å². The van der Waals surface area contributed by atoms with E-state index >= 15 is 0 Å². The molecule has 0 saturated carbocycles. The van der Waals surface area contributed by atoms with E-state index in [1.54, 1.807) is 42.5 Å². The van der Waals surface area contributed by atoms with Gasteiger partial charge in [0.15, 0.2) is 0 Å². The molecule has 0 radical (unpaired) electrons. The summed E-state index contributed by atoms with van der Waals surface area (Å²) >= 11 is 12.6. The first-order valence-corrected chi connectivity index (χ1v) is 10.2. The van der Waals surface area contributed by atoms with Crippen LogP contribution in [0.25, 0.3) is 0 Å². The van der Waals surface area contributed by atoms with Crippen molar-refractivity contribution in [2.45, 2.75) is 27.2 Å². The molecule has 1 heterocycles. The molecule has 1 aliphatic rings. The van der Waals surface area contributed by atoms with Gasteiger partial charge in [-0.05, 0) is 35.7 Å². The monoisotopic (exact) mass is 448 g/mol. The van der Waals surface area contributed by atoms with E-state index in [9.17, 15) is 19.5 Å². The number of nitrogens with zero attached hydrogens (tertiary/aromatic N) is 2. The zero-order chi connectivity index (χ0) is 22.2. The Kier molecular flexibility index (Phi) is 6.11. The van der Waals surface area contributed by atoms with Gasteiger partial charge in [0.05, 0.1) is 28.5 Å². The number of carboxylic acid groups (broad SMARTS) is 1. The number of fused-ring (bicyclic) bond motifs is 1. The molecular formula is C22H22Cl2N2O4. The number of para-hydroxylation sites is 1. The summed E-state index contributed by atoms with van der Waals surface area (Å²) in [6.45, 7) is 6.17. The minimum absolute atomic E-state index is 0.292. The first kappa shape index (κ1) is 22.1. The summed E-state index contributed by atoms with van der Waals surface area (Å²) in [5, 5.41) is 10.1. The Balaban J connectivity index is 2.30. The molecule has 1 unspecified atom stereocenters. The molecular weight excluding hydrogens is 427 g/mol. The van der Waals surface area contributed by atoms with Gasteiger partial charge < -0.3 is 10.0 Å². The Morgan fingerprint density at radius 3 is 2.27 bits per heavy atom. The van der Waals surface area contributed by atoms with Gasteiger partial charge in [0, 0.05) is 11.6 Å². The Morgan fingerprint density at radius 2 is 1.67 bits per heavy atom. The van der Waals surface area contributed by atoms with Gasteiger partial charge in [-0.3, -0.25) is 19.3 Å². The predicted octanol–water partition coefficient (Wildman–Crippen LogP) is 5.14. The molecule has 1 N–H and O–H groups in total. The van der Waals surface area contributed by atoms with Crippen LogP contribution in [0.4, 0.5) is 17.1 Å². The van der Waals surface area contributed by atoms with E-state index in [4.69, 9.17) is 23.2 Å². The number of hydrogen-bond acceptors (Lipinski definition) is 3. The van der Waals surface area contributed by atoms with Gasteiger partial charge in [-0.15, -0.1) is 0 Å². The molecule has 1 aliphatic heterocycles. The van der Waals surface area contributed by atoms with Gasteiger partial charge >= 0.3 is 5.97 Å². The van der Waals surface area contributed by atoms with Crippen LogP contribution in [-0.2, 0) is 14.4 Å². The van der Waals surface area contributed by atoms with E-state index in [-0.39, 0.29) is 5.41 Å². The summed E-state index contributed by atoms with van der Waals surface area (Å²) in [7, 11) is 0. The lowest BCUT2D eigenvalue weighted by Gasteiger charge is -2.31. The molecule has 0 aromatic heterocycles. The highest BCUT2D eigenvalue weighted by molar-refractivity contribution is 6.35. The van der Waals surface area contributed by atoms with E-state index in [1.165, 1.54) is 9.80 Å². The lowest BCUT2D eigenvalue weighted by molar-refractivity contribution is -0.144. The smallest absolute Gasteiger partial charge is 0.304 e. The molecule has 0 spiro atoms. The number of halogens is 2. The zero-order valence-electron chi connectivity index (χ0n) is 16.9. The fraction of sp³-hybridized carbons (Fsp3) is 0.318. The quantitative estimate of drug-likeness (QED) is 0.656. The number of carbonyl (C=O) groups excluding carboxylic acids is 2. The average Bonchev–Trinajstić information content (AvgIpc) is 2.71. The number of hydrogen-bond donors (Lipinski definition) is 1. The first-order chi connectivity index (χ1) is 14.0. The molecule has 2 aromatic rings. The van der Waals surface area contributed by atoms with Crippen molar-refractivity contribution in [2.75, 3.05) is 16.3 Å². The lowest BCUT2D eigenvalue weighted by atomic mass is 9.94. The number of anilines is 3. The van der Waals surface area contributed by atoms with Gasteiger partial charge in [0.2, 0.25) is 11.8 Å². The molecule has 8 heteroatoms. The van der Waals surface area contributed by atoms with Crippen LogP contribution in [0, 0.1) is 11.3 Å². The van der Waals surface area contributed by atoms with Crippen molar-refractivity contribution in [1.29, 1.82) is 0 Å². The second-order valence-corrected chi connectivity index (χ2v) is 9.24. The molecule has 30 heavy (non-hydrogen) atoms. The number of benzene rings is 2. The number of carboxylic acids is 1. The molecule has 1 atom stereocenters. The van der Waals surface area contributed by atoms with Crippen LogP contribution in [0.2, 0.25) is 10.0 Å². The van der Waals surface area contributed by atoms with Crippen molar-refractivity contribution < 1.29 is 19.5 Å². The van der Waals surface area contributed by atoms with Crippen molar-refractivity contribution in [1.82, 2.24) is 0 Å². The molecule has 158 valence electrons. The molecule has 0 fully saturated rings. The normalized spacial score (nSPS) is 17.0. The number of rotatable bonds is 4. The van der Waals surface area contributed by atoms with Crippen LogP contribution < -0.4 is 9.80 Å². The van der Waals surface area contributed by atoms with Gasteiger partial charge in [-0.1, -0.05) is 56.1 Å². The molecule has 2 aromatic carbocycles. The summed E-state index contributed by atoms with van der Waals surface area (Å²) in [6, 6.07) is 11.6. The second kappa shape index (κ2) is 8.28. The molecule has 2 amide bonds. The Morgan fingerprint density at radius 1 is 1.00 bits per heavy atom. The number of aliphatic carboxylic acids is 1. The maximum atomic E-state index is 13.5. The van der Waals surface area contributed by atoms with Crippen LogP contribution in [0.5, 0.6) is 0 Å². The molecule has 6 nitrogen and oxygen atoms in total. The summed E-state index contributed by atoms with van der Waals surface area (Å²) in [6.07, 6.45) is -0.624. The maximum absolute atomic E-state index is 13.5. The summed E-state index contributed by atoms with van der Waals surface area (Å²) in [5.41, 5.74) is 0.906. The lowest BCUT2D eigenvalue weighted by Crippen LogP contribution is -2.44. The first-order valence-electron chi connectivity index (χ1n) is 9.41. The van der Waals surface area contributed by atoms with E-state index in [2.05, 4.69) is 0 Å². The number of amides is 2. The van der Waals surface area contributed by atoms with E-state index in [0.717, 1.165) is 0 Å². The Labute approximate surface area is 185 Å². The molecule has 0 saturated heterocycles. The van der Waals surface area contributed by atoms with Gasteiger partial charge in [-0.25, -0.2) is 0 Å². The Bertz CT molecular complexity index is 1020. The topological polar surface area (TPSA) is 77.9 Å². The van der Waals surface area contributed by atoms with Gasteiger partial charge in [0.25, 0.3) is 0 Å². The largest absolute Gasteiger partial charge is 0.481 e. The predicted molar refractivity (Wildman–Crippen MR) is 118 cm³/mol. The maximum Gasteiger partial charge on any atom is 0.304 e. The second-order valence-electron chi connectivity index (χ2n) is 8.39. The van der Waals surface area contributed by atoms with Crippen molar-refractivity contribution in [2.24, 2.45) is 11.3 Å². The van der Waals surface area contributed by atoms with Crippen molar-refractivity contribution >= 4 is 58.0 Å². The summed E-state index contributed by atoms with van der Waals surface area (Å²) < 4.78 is 0. The van der Waals surface area contributed by atoms with E-state index in [1.807, 2.05) is 20.8 Å². The minimum atomic E-state index is -1.40. The standard InChI is InChI=1S/C22H22Cl2N2O4/c1-22(2,3)12-25-17-9-8-13(23)10-18(17)26(16-7-5-4-6-15(16)24)21(30)14(20(25)29)11-19(27)28/h4-10,14H,11-12H2,1-3H3,(H,27,28). The SMILES string of the molecule is CC(C)(C)CN1C(=O)C(CC(=O)O)C(=O)N(c2ccccc2Cl)c2cc(Cl)ccc21. The average molecular weight is 449 g/mol. The highest BCUT2D eigenvalue weighted by Gasteiger charge is 2.43. The van der Waals surface area contributed by atoms with Gasteiger partial charge in [-0.2, -0.15) is 0 Å². The molecule has 3 rings (SSSR count). The van der Waals surface area contributed by atoms with E-state index in [0.29, 0.717) is 33.7 Å². The van der Waals surface area contributed by atoms with E-state index < -0.39 is 30.1 Å². The summed E-state index contributed by atoms with van der Waals surface area (Å²) in [5.74, 6) is -3.85. The van der Waals surface area contributed by atoms with Crippen LogP contribution in [0.1, 0.15) is 27.2 Å². The van der Waals surface area contributed by atoms with Crippen LogP contribution in [0.3, 0.4) is 0 Å². The number of carbonyl (C=O) groups is 3. The third-order valence-electron chi connectivity index (χ3n) is 4.66. The zero-order valence-corrected chi connectivity index (χ0v) is 18.4. The fourth-order valence-corrected chi connectivity index (χ4v) is 3.85. The summed E-state index contributed by atoms with van der Waals surface area (Å²) in [4.78, 5) is 41.3. The Hall–Kier alpha value is -2.57. The van der Waals surface area contributed by atoms with Crippen LogP contribution >= 0.6 is 23.2 Å². The third-order valence-corrected chi connectivity index (χ3v) is 5.21. The van der Waals surface area contributed by atoms with Crippen molar-refractivity contribution in [3.8, 4) is 0 Å². The van der Waals surface area contributed by atoms with Gasteiger partial charge in [0.1, 0.15) is 5.92 Å². The third kappa shape index (κ3) is 4.45. The molecule has 0 bridgehead atoms. The highest BCUT2D eigenvalue weighted by Crippen LogP contribution is 2.44. The van der Waals surface area contributed by atoms with Crippen LogP contribution in [0.15, 0.2) is 42.5 Å². The van der Waals surface area contributed by atoms with Crippen molar-refractivity contribution in [3.05, 3.63) is 52.5 Å². The van der Waals surface area contributed by atoms with Crippen LogP contribution in [-0.4, -0.2) is 29.4 Å². The minimum Gasteiger partial charge on any atom is -0.481 e. The molecule has 0 aliphatic carbocycles. The highest BCUT2D eigenvalue weighted by atomic mass is 35.5.